The summed E-state index contributed by atoms with van der Waals surface area (Å²) in [4.78, 5) is 35.5. The molecule has 1 aliphatic heterocycles. The number of rotatable bonds is 5. The first kappa shape index (κ1) is 16.6. The molecule has 1 heterocycles. The van der Waals surface area contributed by atoms with E-state index in [1.807, 2.05) is 0 Å². The largest absolute Gasteiger partial charge is 0.493 e. The first-order chi connectivity index (χ1) is 11.0. The van der Waals surface area contributed by atoms with Gasteiger partial charge in [0.15, 0.2) is 28.3 Å². The maximum atomic E-state index is 12.1. The number of methoxy groups -OCH3 is 2. The van der Waals surface area contributed by atoms with E-state index in [-0.39, 0.29) is 5.11 Å². The van der Waals surface area contributed by atoms with Crippen LogP contribution in [0.5, 0.6) is 11.5 Å². The molecule has 120 valence electrons. The molecule has 0 aromatic heterocycles. The Hall–Kier alpha value is -2.74. The second-order valence-electron chi connectivity index (χ2n) is 4.59. The average Bonchev–Trinajstić information content (AvgIpc) is 2.51. The lowest BCUT2D eigenvalue weighted by atomic mass is 9.99. The average molecular weight is 334 g/mol. The van der Waals surface area contributed by atoms with Crippen LogP contribution in [-0.2, 0) is 14.4 Å². The molecule has 0 unspecified atom stereocenters. The number of carbonyl (C=O) groups is 3. The third-order valence-corrected chi connectivity index (χ3v) is 3.33. The van der Waals surface area contributed by atoms with E-state index in [1.54, 1.807) is 18.2 Å². The Kier molecular flexibility index (Phi) is 5.07. The van der Waals surface area contributed by atoms with Gasteiger partial charge in [-0.2, -0.15) is 0 Å². The molecule has 1 aliphatic rings. The molecule has 1 saturated heterocycles. The van der Waals surface area contributed by atoms with Crippen molar-refractivity contribution in [2.75, 3.05) is 14.2 Å². The highest BCUT2D eigenvalue weighted by Crippen LogP contribution is 2.28. The number of amides is 2. The van der Waals surface area contributed by atoms with Crippen molar-refractivity contribution in [2.24, 2.45) is 5.92 Å². The van der Waals surface area contributed by atoms with E-state index in [0.29, 0.717) is 17.1 Å². The molecule has 0 radical (unpaired) electrons. The molecule has 1 aromatic rings. The van der Waals surface area contributed by atoms with Gasteiger partial charge >= 0.3 is 0 Å². The van der Waals surface area contributed by atoms with Crippen LogP contribution in [0.25, 0.3) is 6.08 Å². The number of nitrogens with one attached hydrogen (secondary N) is 2. The van der Waals surface area contributed by atoms with Crippen LogP contribution in [0.15, 0.2) is 24.3 Å². The highest BCUT2D eigenvalue weighted by atomic mass is 32.1. The van der Waals surface area contributed by atoms with Crippen molar-refractivity contribution in [1.82, 2.24) is 10.6 Å². The number of carbonyl (C=O) groups excluding carboxylic acids is 3. The molecule has 2 N–H and O–H groups in total. The number of hydrogen-bond donors (Lipinski definition) is 2. The fourth-order valence-corrected chi connectivity index (χ4v) is 2.21. The normalized spacial score (nSPS) is 15.3. The van der Waals surface area contributed by atoms with Crippen molar-refractivity contribution in [1.29, 1.82) is 0 Å². The maximum absolute atomic E-state index is 12.1. The lowest BCUT2D eigenvalue weighted by Crippen LogP contribution is -2.57. The summed E-state index contributed by atoms with van der Waals surface area (Å²) in [5, 5.41) is 4.38. The van der Waals surface area contributed by atoms with E-state index >= 15 is 0 Å². The van der Waals surface area contributed by atoms with Crippen molar-refractivity contribution in [2.45, 2.75) is 0 Å². The van der Waals surface area contributed by atoms with Gasteiger partial charge in [0.05, 0.1) is 14.2 Å². The molecule has 2 rings (SSSR count). The van der Waals surface area contributed by atoms with E-state index in [1.165, 1.54) is 26.4 Å². The van der Waals surface area contributed by atoms with E-state index in [4.69, 9.17) is 9.47 Å². The number of ketones is 1. The summed E-state index contributed by atoms with van der Waals surface area (Å²) in [5.74, 6) is -2.51. The van der Waals surface area contributed by atoms with Crippen LogP contribution in [0, 0.1) is 5.92 Å². The third kappa shape index (κ3) is 3.72. The molecule has 8 heteroatoms. The van der Waals surface area contributed by atoms with Crippen LogP contribution in [0.3, 0.4) is 0 Å². The Bertz CT molecular complexity index is 694. The molecular formula is C15H14N2O5S. The van der Waals surface area contributed by atoms with Gasteiger partial charge in [-0.15, -0.1) is 0 Å². The minimum absolute atomic E-state index is 0.104. The molecular weight excluding hydrogens is 320 g/mol. The number of ether oxygens (including phenoxy) is 2. The van der Waals surface area contributed by atoms with Crippen molar-refractivity contribution in [3.05, 3.63) is 29.8 Å². The van der Waals surface area contributed by atoms with Gasteiger partial charge in [0.25, 0.3) is 0 Å². The van der Waals surface area contributed by atoms with Crippen LogP contribution in [-0.4, -0.2) is 36.9 Å². The van der Waals surface area contributed by atoms with Gasteiger partial charge < -0.3 is 20.1 Å². The fraction of sp³-hybridized carbons (Fsp3) is 0.200. The van der Waals surface area contributed by atoms with Gasteiger partial charge in [0.1, 0.15) is 0 Å². The van der Waals surface area contributed by atoms with E-state index in [2.05, 4.69) is 22.9 Å². The lowest BCUT2D eigenvalue weighted by Gasteiger charge is -2.20. The van der Waals surface area contributed by atoms with Crippen LogP contribution in [0.1, 0.15) is 5.56 Å². The van der Waals surface area contributed by atoms with E-state index in [0.717, 1.165) is 0 Å². The Morgan fingerprint density at radius 3 is 2.30 bits per heavy atom. The highest BCUT2D eigenvalue weighted by Gasteiger charge is 2.37. The number of allylic oxidation sites excluding steroid dienone is 1. The monoisotopic (exact) mass is 334 g/mol. The van der Waals surface area contributed by atoms with Gasteiger partial charge in [-0.05, 0) is 36.0 Å². The quantitative estimate of drug-likeness (QED) is 0.461. The first-order valence-electron chi connectivity index (χ1n) is 6.56. The summed E-state index contributed by atoms with van der Waals surface area (Å²) in [6.07, 6.45) is 2.65. The molecule has 0 saturated carbocycles. The van der Waals surface area contributed by atoms with Gasteiger partial charge in [0, 0.05) is 0 Å². The Balaban J connectivity index is 2.16. The summed E-state index contributed by atoms with van der Waals surface area (Å²) in [6, 6.07) is 5.06. The zero-order chi connectivity index (χ0) is 17.0. The second-order valence-corrected chi connectivity index (χ2v) is 5.00. The Labute approximate surface area is 137 Å². The summed E-state index contributed by atoms with van der Waals surface area (Å²) >= 11 is 4.67. The van der Waals surface area contributed by atoms with Crippen molar-refractivity contribution < 1.29 is 23.9 Å². The van der Waals surface area contributed by atoms with Crippen LogP contribution in [0.4, 0.5) is 0 Å². The molecule has 1 aromatic carbocycles. The van der Waals surface area contributed by atoms with Crippen molar-refractivity contribution in [3.8, 4) is 11.5 Å². The van der Waals surface area contributed by atoms with Crippen LogP contribution >= 0.6 is 12.2 Å². The standard InChI is InChI=1S/C15H14N2O5S/c1-21-10-6-4-8(7-11(10)22-2)3-5-9(18)12-13(19)16-15(23)17-14(12)20/h3-7,12H,1-2H3,(H2,16,17,19,20,23)/b5-3+. The molecule has 0 spiro atoms. The smallest absolute Gasteiger partial charge is 0.246 e. The van der Waals surface area contributed by atoms with Gasteiger partial charge in [-0.1, -0.05) is 12.1 Å². The fourth-order valence-electron chi connectivity index (χ4n) is 2.01. The van der Waals surface area contributed by atoms with E-state index in [9.17, 15) is 14.4 Å². The number of hydrogen-bond acceptors (Lipinski definition) is 6. The summed E-state index contributed by atoms with van der Waals surface area (Å²) in [5.41, 5.74) is 0.656. The van der Waals surface area contributed by atoms with E-state index < -0.39 is 23.5 Å². The second kappa shape index (κ2) is 7.01. The molecule has 0 aliphatic carbocycles. The minimum Gasteiger partial charge on any atom is -0.493 e. The topological polar surface area (TPSA) is 93.7 Å². The van der Waals surface area contributed by atoms with Crippen LogP contribution < -0.4 is 20.1 Å². The zero-order valence-corrected chi connectivity index (χ0v) is 13.2. The lowest BCUT2D eigenvalue weighted by molar-refractivity contribution is -0.140. The molecule has 23 heavy (non-hydrogen) atoms. The summed E-state index contributed by atoms with van der Waals surface area (Å²) in [7, 11) is 3.01. The maximum Gasteiger partial charge on any atom is 0.246 e. The predicted molar refractivity (Wildman–Crippen MR) is 86.0 cm³/mol. The number of benzene rings is 1. The molecule has 0 atom stereocenters. The van der Waals surface area contributed by atoms with Gasteiger partial charge in [-0.25, -0.2) is 0 Å². The Morgan fingerprint density at radius 1 is 1.13 bits per heavy atom. The predicted octanol–water partition coefficient (Wildman–Crippen LogP) is 0.433. The molecule has 2 amide bonds. The molecule has 0 bridgehead atoms. The van der Waals surface area contributed by atoms with Crippen LogP contribution in [0.2, 0.25) is 0 Å². The molecule has 1 fully saturated rings. The zero-order valence-electron chi connectivity index (χ0n) is 12.4. The first-order valence-corrected chi connectivity index (χ1v) is 6.96. The van der Waals surface area contributed by atoms with Crippen molar-refractivity contribution in [3.63, 3.8) is 0 Å². The van der Waals surface area contributed by atoms with Crippen molar-refractivity contribution >= 4 is 41.0 Å². The summed E-state index contributed by atoms with van der Waals surface area (Å²) < 4.78 is 10.3. The highest BCUT2D eigenvalue weighted by molar-refractivity contribution is 7.80. The van der Waals surface area contributed by atoms with Gasteiger partial charge in [0.2, 0.25) is 11.8 Å². The van der Waals surface area contributed by atoms with Gasteiger partial charge in [-0.3, -0.25) is 14.4 Å². The number of thiocarbonyl (C=S) groups is 1. The Morgan fingerprint density at radius 2 is 1.74 bits per heavy atom. The SMILES string of the molecule is COc1ccc(/C=C/C(=O)C2C(=O)NC(=S)NC2=O)cc1OC. The third-order valence-electron chi connectivity index (χ3n) is 3.13. The minimum atomic E-state index is -1.45. The molecule has 7 nitrogen and oxygen atoms in total. The summed E-state index contributed by atoms with van der Waals surface area (Å²) in [6.45, 7) is 0.